The first-order valence-corrected chi connectivity index (χ1v) is 11.3. The molecule has 0 radical (unpaired) electrons. The maximum atomic E-state index is 13.4. The van der Waals surface area contributed by atoms with Crippen LogP contribution >= 0.6 is 23.2 Å². The molecule has 1 N–H and O–H groups in total. The van der Waals surface area contributed by atoms with Gasteiger partial charge in [0.05, 0.1) is 10.0 Å². The van der Waals surface area contributed by atoms with Gasteiger partial charge < -0.3 is 10.2 Å². The number of carbonyl (C=O) groups is 1. The lowest BCUT2D eigenvalue weighted by Gasteiger charge is -2.24. The highest BCUT2D eigenvalue weighted by atomic mass is 35.5. The third-order valence-corrected chi connectivity index (χ3v) is 6.01. The number of benzene rings is 2. The fourth-order valence-corrected chi connectivity index (χ4v) is 3.69. The molecule has 7 heteroatoms. The van der Waals surface area contributed by atoms with Gasteiger partial charge in [0.2, 0.25) is 0 Å². The zero-order chi connectivity index (χ0) is 23.3. The quantitative estimate of drug-likeness (QED) is 0.459. The predicted octanol–water partition coefficient (Wildman–Crippen LogP) is 6.01. The van der Waals surface area contributed by atoms with Crippen molar-refractivity contribution in [3.63, 3.8) is 0 Å². The van der Waals surface area contributed by atoms with Crippen molar-refractivity contribution in [2.75, 3.05) is 18.9 Å². The SMILES string of the molecule is CNc1nccnc1C(=O)N(CCc1ccc(Cl)c(Cl)c1)Cc1ccc(C(C)(C)C)cc1. The Balaban J connectivity index is 1.86. The number of carbonyl (C=O) groups excluding carboxylic acids is 1. The average Bonchev–Trinajstić information content (AvgIpc) is 2.78. The number of amides is 1. The number of anilines is 1. The summed E-state index contributed by atoms with van der Waals surface area (Å²) in [6, 6.07) is 13.9. The van der Waals surface area contributed by atoms with Crippen LogP contribution in [0.1, 0.15) is 48.0 Å². The van der Waals surface area contributed by atoms with E-state index in [0.29, 0.717) is 41.1 Å². The third-order valence-electron chi connectivity index (χ3n) is 5.27. The van der Waals surface area contributed by atoms with E-state index in [0.717, 1.165) is 11.1 Å². The second kappa shape index (κ2) is 10.3. The van der Waals surface area contributed by atoms with E-state index in [4.69, 9.17) is 23.2 Å². The molecule has 0 saturated carbocycles. The molecule has 0 bridgehead atoms. The molecule has 2 aromatic carbocycles. The van der Waals surface area contributed by atoms with Gasteiger partial charge in [0.15, 0.2) is 11.5 Å². The lowest BCUT2D eigenvalue weighted by Crippen LogP contribution is -2.33. The maximum absolute atomic E-state index is 13.4. The van der Waals surface area contributed by atoms with Crippen molar-refractivity contribution >= 4 is 34.9 Å². The van der Waals surface area contributed by atoms with Gasteiger partial charge >= 0.3 is 0 Å². The Morgan fingerprint density at radius 1 is 0.969 bits per heavy atom. The van der Waals surface area contributed by atoms with E-state index in [1.165, 1.54) is 11.8 Å². The summed E-state index contributed by atoms with van der Waals surface area (Å²) in [6.45, 7) is 7.51. The second-order valence-electron chi connectivity index (χ2n) is 8.68. The maximum Gasteiger partial charge on any atom is 0.276 e. The van der Waals surface area contributed by atoms with Crippen molar-refractivity contribution in [2.24, 2.45) is 0 Å². The monoisotopic (exact) mass is 470 g/mol. The Morgan fingerprint density at radius 3 is 2.25 bits per heavy atom. The van der Waals surface area contributed by atoms with Crippen molar-refractivity contribution in [2.45, 2.75) is 39.2 Å². The molecule has 1 aromatic heterocycles. The zero-order valence-corrected chi connectivity index (χ0v) is 20.3. The van der Waals surface area contributed by atoms with Gasteiger partial charge in [0.25, 0.3) is 5.91 Å². The average molecular weight is 471 g/mol. The van der Waals surface area contributed by atoms with E-state index >= 15 is 0 Å². The van der Waals surface area contributed by atoms with Crippen LogP contribution in [0.15, 0.2) is 54.9 Å². The molecule has 0 atom stereocenters. The number of aromatic nitrogens is 2. The summed E-state index contributed by atoms with van der Waals surface area (Å²) in [5, 5.41) is 3.97. The molecule has 32 heavy (non-hydrogen) atoms. The molecule has 5 nitrogen and oxygen atoms in total. The number of rotatable bonds is 7. The molecular formula is C25H28Cl2N4O. The molecule has 0 saturated heterocycles. The van der Waals surface area contributed by atoms with Gasteiger partial charge in [-0.25, -0.2) is 9.97 Å². The van der Waals surface area contributed by atoms with Crippen LogP contribution in [-0.4, -0.2) is 34.4 Å². The van der Waals surface area contributed by atoms with Crippen LogP contribution in [0.5, 0.6) is 0 Å². The van der Waals surface area contributed by atoms with Crippen molar-refractivity contribution in [1.29, 1.82) is 0 Å². The molecular weight excluding hydrogens is 443 g/mol. The first kappa shape index (κ1) is 24.0. The number of nitrogens with zero attached hydrogens (tertiary/aromatic N) is 3. The minimum Gasteiger partial charge on any atom is -0.371 e. The summed E-state index contributed by atoms with van der Waals surface area (Å²) in [7, 11) is 1.73. The van der Waals surface area contributed by atoms with Crippen LogP contribution in [-0.2, 0) is 18.4 Å². The highest BCUT2D eigenvalue weighted by Crippen LogP contribution is 2.25. The van der Waals surface area contributed by atoms with Crippen molar-refractivity contribution in [1.82, 2.24) is 14.9 Å². The Labute approximate surface area is 199 Å². The molecule has 3 rings (SSSR count). The zero-order valence-electron chi connectivity index (χ0n) is 18.8. The van der Waals surface area contributed by atoms with E-state index < -0.39 is 0 Å². The van der Waals surface area contributed by atoms with Gasteiger partial charge in [0.1, 0.15) is 0 Å². The smallest absolute Gasteiger partial charge is 0.276 e. The van der Waals surface area contributed by atoms with Crippen LogP contribution in [0.2, 0.25) is 10.0 Å². The summed E-state index contributed by atoms with van der Waals surface area (Å²) < 4.78 is 0. The van der Waals surface area contributed by atoms with E-state index in [1.807, 2.05) is 12.1 Å². The van der Waals surface area contributed by atoms with E-state index in [2.05, 4.69) is 60.3 Å². The minimum atomic E-state index is -0.178. The number of halogens is 2. The summed E-state index contributed by atoms with van der Waals surface area (Å²) in [5.41, 5.74) is 3.68. The molecule has 0 aliphatic carbocycles. The van der Waals surface area contributed by atoms with Gasteiger partial charge in [-0.2, -0.15) is 0 Å². The second-order valence-corrected chi connectivity index (χ2v) is 9.49. The minimum absolute atomic E-state index is 0.0726. The number of hydrogen-bond donors (Lipinski definition) is 1. The van der Waals surface area contributed by atoms with Gasteiger partial charge in [-0.15, -0.1) is 0 Å². The molecule has 1 heterocycles. The highest BCUT2D eigenvalue weighted by molar-refractivity contribution is 6.42. The van der Waals surface area contributed by atoms with Crippen LogP contribution < -0.4 is 5.32 Å². The van der Waals surface area contributed by atoms with E-state index in [-0.39, 0.29) is 11.3 Å². The fourth-order valence-electron chi connectivity index (χ4n) is 3.37. The van der Waals surface area contributed by atoms with Crippen molar-refractivity contribution in [3.05, 3.63) is 87.3 Å². The third kappa shape index (κ3) is 5.99. The summed E-state index contributed by atoms with van der Waals surface area (Å²) in [5.74, 6) is 0.280. The number of nitrogens with one attached hydrogen (secondary N) is 1. The highest BCUT2D eigenvalue weighted by Gasteiger charge is 2.22. The lowest BCUT2D eigenvalue weighted by molar-refractivity contribution is 0.0740. The van der Waals surface area contributed by atoms with Gasteiger partial charge in [-0.05, 0) is 40.7 Å². The molecule has 1 amide bonds. The van der Waals surface area contributed by atoms with Gasteiger partial charge in [0, 0.05) is 32.5 Å². The number of hydrogen-bond acceptors (Lipinski definition) is 4. The molecule has 0 spiro atoms. The lowest BCUT2D eigenvalue weighted by atomic mass is 9.87. The van der Waals surface area contributed by atoms with Gasteiger partial charge in [-0.1, -0.05) is 74.3 Å². The first-order chi connectivity index (χ1) is 15.2. The fraction of sp³-hybridized carbons (Fsp3) is 0.320. The predicted molar refractivity (Wildman–Crippen MR) is 132 cm³/mol. The first-order valence-electron chi connectivity index (χ1n) is 10.5. The van der Waals surface area contributed by atoms with Crippen molar-refractivity contribution in [3.8, 4) is 0 Å². The van der Waals surface area contributed by atoms with Crippen molar-refractivity contribution < 1.29 is 4.79 Å². The molecule has 0 aliphatic rings. The van der Waals surface area contributed by atoms with Crippen LogP contribution in [0.3, 0.4) is 0 Å². The molecule has 0 fully saturated rings. The normalized spacial score (nSPS) is 11.3. The summed E-state index contributed by atoms with van der Waals surface area (Å²) >= 11 is 12.2. The Hall–Kier alpha value is -2.63. The molecule has 3 aromatic rings. The molecule has 0 aliphatic heterocycles. The molecule has 168 valence electrons. The Morgan fingerprint density at radius 2 is 1.62 bits per heavy atom. The Bertz CT molecular complexity index is 1080. The van der Waals surface area contributed by atoms with E-state index in [1.54, 1.807) is 24.2 Å². The molecule has 0 unspecified atom stereocenters. The standard InChI is InChI=1S/C25H28Cl2N4O/c1-25(2,3)19-8-5-18(6-9-19)16-31(14-11-17-7-10-20(26)21(27)15-17)24(32)22-23(28-4)30-13-12-29-22/h5-10,12-13,15H,11,14,16H2,1-4H3,(H,28,30). The van der Waals surface area contributed by atoms with Crippen LogP contribution in [0.4, 0.5) is 5.82 Å². The van der Waals surface area contributed by atoms with E-state index in [9.17, 15) is 4.79 Å². The van der Waals surface area contributed by atoms with Gasteiger partial charge in [-0.3, -0.25) is 4.79 Å². The van der Waals surface area contributed by atoms with Crippen LogP contribution in [0.25, 0.3) is 0 Å². The topological polar surface area (TPSA) is 58.1 Å². The van der Waals surface area contributed by atoms with Crippen LogP contribution in [0, 0.1) is 0 Å². The Kier molecular flexibility index (Phi) is 7.75. The summed E-state index contributed by atoms with van der Waals surface area (Å²) in [4.78, 5) is 23.7. The largest absolute Gasteiger partial charge is 0.371 e. The summed E-state index contributed by atoms with van der Waals surface area (Å²) in [6.07, 6.45) is 3.73.